The molecular weight excluding hydrogens is 162 g/mol. The zero-order chi connectivity index (χ0) is 8.69. The van der Waals surface area contributed by atoms with Crippen molar-refractivity contribution in [1.82, 2.24) is 0 Å². The lowest BCUT2D eigenvalue weighted by Crippen LogP contribution is -2.10. The van der Waals surface area contributed by atoms with Crippen molar-refractivity contribution in [3.8, 4) is 0 Å². The summed E-state index contributed by atoms with van der Waals surface area (Å²) in [5, 5.41) is 0.153. The van der Waals surface area contributed by atoms with Gasteiger partial charge in [-0.3, -0.25) is 4.99 Å². The molecule has 0 saturated carbocycles. The van der Waals surface area contributed by atoms with E-state index in [1.54, 1.807) is 6.08 Å². The minimum Gasteiger partial charge on any atom is -0.388 e. The van der Waals surface area contributed by atoms with Gasteiger partial charge in [0.25, 0.3) is 0 Å². The molecule has 3 nitrogen and oxygen atoms in total. The van der Waals surface area contributed by atoms with E-state index in [1.165, 1.54) is 6.20 Å². The maximum atomic E-state index is 5.35. The molecule has 0 aromatic carbocycles. The Kier molecular flexibility index (Phi) is 5.51. The predicted molar refractivity (Wildman–Crippen MR) is 49.4 cm³/mol. The van der Waals surface area contributed by atoms with Crippen LogP contribution in [0.4, 0.5) is 0 Å². The van der Waals surface area contributed by atoms with Crippen LogP contribution in [0, 0.1) is 0 Å². The number of rotatable bonds is 3. The van der Waals surface area contributed by atoms with Crippen LogP contribution in [0.1, 0.15) is 6.92 Å². The zero-order valence-electron chi connectivity index (χ0n) is 6.42. The van der Waals surface area contributed by atoms with Gasteiger partial charge in [-0.15, -0.1) is 0 Å². The Morgan fingerprint density at radius 1 is 1.64 bits per heavy atom. The van der Waals surface area contributed by atoms with Crippen molar-refractivity contribution < 1.29 is 0 Å². The molecule has 0 amide bonds. The number of hydrogen-bond donors (Lipinski definition) is 2. The molecule has 0 aliphatic heterocycles. The molecule has 0 heterocycles. The lowest BCUT2D eigenvalue weighted by molar-refractivity contribution is 1.29. The van der Waals surface area contributed by atoms with Crippen LogP contribution in [0.3, 0.4) is 0 Å². The highest BCUT2D eigenvalue weighted by Crippen LogP contribution is 1.91. The van der Waals surface area contributed by atoms with Gasteiger partial charge in [0, 0.05) is 6.54 Å². The van der Waals surface area contributed by atoms with E-state index in [-0.39, 0.29) is 5.16 Å². The lowest BCUT2D eigenvalue weighted by atomic mass is 10.3. The third-order valence-electron chi connectivity index (χ3n) is 0.922. The summed E-state index contributed by atoms with van der Waals surface area (Å²) in [7, 11) is 0. The minimum atomic E-state index is 0.153. The van der Waals surface area contributed by atoms with E-state index >= 15 is 0 Å². The monoisotopic (exact) mass is 173 g/mol. The quantitative estimate of drug-likeness (QED) is 0.493. The number of allylic oxidation sites excluding steroid dienone is 1. The molecule has 4 heteroatoms. The molecule has 0 aromatic rings. The van der Waals surface area contributed by atoms with Crippen molar-refractivity contribution in [3.05, 3.63) is 23.5 Å². The van der Waals surface area contributed by atoms with Gasteiger partial charge in [-0.2, -0.15) is 0 Å². The van der Waals surface area contributed by atoms with E-state index in [9.17, 15) is 0 Å². The molecule has 0 radical (unpaired) electrons. The Morgan fingerprint density at radius 2 is 2.27 bits per heavy atom. The van der Waals surface area contributed by atoms with Crippen molar-refractivity contribution in [2.24, 2.45) is 16.5 Å². The van der Waals surface area contributed by atoms with E-state index in [0.717, 1.165) is 5.71 Å². The van der Waals surface area contributed by atoms with Gasteiger partial charge in [0.2, 0.25) is 0 Å². The second-order valence-electron chi connectivity index (χ2n) is 1.84. The highest BCUT2D eigenvalue weighted by Gasteiger charge is 1.86. The summed E-state index contributed by atoms with van der Waals surface area (Å²) in [6.45, 7) is 2.27. The number of nitrogens with zero attached hydrogens (tertiary/aromatic N) is 1. The van der Waals surface area contributed by atoms with E-state index in [0.29, 0.717) is 6.54 Å². The van der Waals surface area contributed by atoms with Crippen LogP contribution < -0.4 is 11.5 Å². The fourth-order valence-corrected chi connectivity index (χ4v) is 0.550. The standard InChI is InChI=1S/C7H12ClN3/c1-2-3-6(4-9)11-5-7(8)10/h2-3,5H,4,9-10H2,1H3/b3-2-,7-5-,11-6+. The topological polar surface area (TPSA) is 64.4 Å². The first kappa shape index (κ1) is 10.2. The summed E-state index contributed by atoms with van der Waals surface area (Å²) < 4.78 is 0. The molecule has 0 aliphatic rings. The summed E-state index contributed by atoms with van der Waals surface area (Å²) in [6, 6.07) is 0. The number of aliphatic imine (C=N–C) groups is 1. The summed E-state index contributed by atoms with van der Waals surface area (Å²) in [5.41, 5.74) is 11.2. The van der Waals surface area contributed by atoms with E-state index in [1.807, 2.05) is 13.0 Å². The van der Waals surface area contributed by atoms with Crippen LogP contribution in [0.5, 0.6) is 0 Å². The molecule has 0 fully saturated rings. The third-order valence-corrected chi connectivity index (χ3v) is 1.02. The SMILES string of the molecule is C\C=C/C(CN)=N\C=C(/N)Cl. The number of hydrogen-bond acceptors (Lipinski definition) is 3. The Bertz CT molecular complexity index is 190. The van der Waals surface area contributed by atoms with Crippen LogP contribution in [0.2, 0.25) is 0 Å². The van der Waals surface area contributed by atoms with Crippen molar-refractivity contribution in [2.45, 2.75) is 6.92 Å². The largest absolute Gasteiger partial charge is 0.388 e. The molecule has 62 valence electrons. The van der Waals surface area contributed by atoms with Gasteiger partial charge in [0.1, 0.15) is 5.16 Å². The molecule has 0 aliphatic carbocycles. The summed E-state index contributed by atoms with van der Waals surface area (Å²) in [5.74, 6) is 0. The number of nitrogens with two attached hydrogens (primary N) is 2. The molecule has 4 N–H and O–H groups in total. The smallest absolute Gasteiger partial charge is 0.118 e. The van der Waals surface area contributed by atoms with Crippen molar-refractivity contribution in [3.63, 3.8) is 0 Å². The van der Waals surface area contributed by atoms with Crippen LogP contribution in [-0.2, 0) is 0 Å². The van der Waals surface area contributed by atoms with E-state index in [4.69, 9.17) is 23.1 Å². The normalized spacial score (nSPS) is 14.5. The van der Waals surface area contributed by atoms with Crippen molar-refractivity contribution >= 4 is 17.3 Å². The Hall–Kier alpha value is -0.800. The van der Waals surface area contributed by atoms with Gasteiger partial charge >= 0.3 is 0 Å². The molecule has 0 atom stereocenters. The van der Waals surface area contributed by atoms with Crippen LogP contribution in [0.15, 0.2) is 28.5 Å². The molecule has 0 rings (SSSR count). The second-order valence-corrected chi connectivity index (χ2v) is 2.27. The van der Waals surface area contributed by atoms with Gasteiger partial charge in [0.05, 0.1) is 11.9 Å². The molecule has 0 saturated heterocycles. The number of halogens is 1. The summed E-state index contributed by atoms with van der Waals surface area (Å²) in [4.78, 5) is 3.92. The molecule has 0 spiro atoms. The summed E-state index contributed by atoms with van der Waals surface area (Å²) >= 11 is 5.35. The lowest BCUT2D eigenvalue weighted by Gasteiger charge is -1.91. The zero-order valence-corrected chi connectivity index (χ0v) is 7.17. The molecule has 11 heavy (non-hydrogen) atoms. The average Bonchev–Trinajstić information content (AvgIpc) is 1.97. The molecular formula is C7H12ClN3. The van der Waals surface area contributed by atoms with Crippen LogP contribution in [-0.4, -0.2) is 12.3 Å². The Morgan fingerprint density at radius 3 is 2.64 bits per heavy atom. The first-order valence-corrected chi connectivity index (χ1v) is 3.59. The molecule has 0 bridgehead atoms. The maximum Gasteiger partial charge on any atom is 0.118 e. The summed E-state index contributed by atoms with van der Waals surface area (Å²) in [6.07, 6.45) is 5.02. The molecule has 0 aromatic heterocycles. The van der Waals surface area contributed by atoms with Gasteiger partial charge < -0.3 is 11.5 Å². The van der Waals surface area contributed by atoms with E-state index in [2.05, 4.69) is 4.99 Å². The first-order chi connectivity index (χ1) is 5.20. The minimum absolute atomic E-state index is 0.153. The average molecular weight is 174 g/mol. The Labute approximate surface area is 71.4 Å². The fourth-order valence-electron chi connectivity index (χ4n) is 0.501. The van der Waals surface area contributed by atoms with E-state index < -0.39 is 0 Å². The van der Waals surface area contributed by atoms with Crippen LogP contribution in [0.25, 0.3) is 0 Å². The third kappa shape index (κ3) is 5.63. The van der Waals surface area contributed by atoms with Gasteiger partial charge in [-0.1, -0.05) is 17.7 Å². The first-order valence-electron chi connectivity index (χ1n) is 3.21. The molecule has 0 unspecified atom stereocenters. The van der Waals surface area contributed by atoms with Crippen LogP contribution >= 0.6 is 11.6 Å². The van der Waals surface area contributed by atoms with Gasteiger partial charge in [-0.25, -0.2) is 0 Å². The van der Waals surface area contributed by atoms with Gasteiger partial charge in [-0.05, 0) is 13.0 Å². The van der Waals surface area contributed by atoms with Gasteiger partial charge in [0.15, 0.2) is 0 Å². The fraction of sp³-hybridized carbons (Fsp3) is 0.286. The van der Waals surface area contributed by atoms with Crippen molar-refractivity contribution in [1.29, 1.82) is 0 Å². The maximum absolute atomic E-state index is 5.35. The Balaban J connectivity index is 4.24. The predicted octanol–water partition coefficient (Wildman–Crippen LogP) is 0.959. The highest BCUT2D eigenvalue weighted by atomic mass is 35.5. The second kappa shape index (κ2) is 5.95. The highest BCUT2D eigenvalue weighted by molar-refractivity contribution is 6.29. The van der Waals surface area contributed by atoms with Crippen molar-refractivity contribution in [2.75, 3.05) is 6.54 Å².